The minimum atomic E-state index is -0.912. The Morgan fingerprint density at radius 3 is 2.62 bits per heavy atom. The van der Waals surface area contributed by atoms with E-state index in [1.54, 1.807) is 4.90 Å². The second kappa shape index (κ2) is 8.50. The first-order valence-electron chi connectivity index (χ1n) is 8.32. The Morgan fingerprint density at radius 2 is 2.04 bits per heavy atom. The predicted molar refractivity (Wildman–Crippen MR) is 91.7 cm³/mol. The number of nitrogens with zero attached hydrogens (tertiary/aromatic N) is 2. The number of nitro groups is 1. The summed E-state index contributed by atoms with van der Waals surface area (Å²) in [6.45, 7) is 0.491. The van der Waals surface area contributed by atoms with Crippen molar-refractivity contribution < 1.29 is 29.1 Å². The maximum atomic E-state index is 13.0. The Morgan fingerprint density at radius 1 is 1.31 bits per heavy atom. The van der Waals surface area contributed by atoms with Gasteiger partial charge in [-0.3, -0.25) is 19.7 Å². The van der Waals surface area contributed by atoms with Crippen molar-refractivity contribution in [3.8, 4) is 11.5 Å². The lowest BCUT2D eigenvalue weighted by Crippen LogP contribution is -2.44. The number of carboxylic acid groups (broad SMARTS) is 1. The molecule has 1 aromatic rings. The van der Waals surface area contributed by atoms with Crippen LogP contribution in [0.4, 0.5) is 5.69 Å². The van der Waals surface area contributed by atoms with Crippen molar-refractivity contribution in [2.24, 2.45) is 0 Å². The number of likely N-dealkylation sites (tertiary alicyclic amines) is 1. The van der Waals surface area contributed by atoms with Gasteiger partial charge in [0.15, 0.2) is 5.75 Å². The van der Waals surface area contributed by atoms with Crippen molar-refractivity contribution in [1.29, 1.82) is 0 Å². The molecule has 1 aliphatic heterocycles. The highest BCUT2D eigenvalue weighted by atomic mass is 16.6. The van der Waals surface area contributed by atoms with Crippen LogP contribution in [-0.4, -0.2) is 53.6 Å². The molecule has 9 heteroatoms. The molecule has 2 rings (SSSR count). The molecule has 9 nitrogen and oxygen atoms in total. The summed E-state index contributed by atoms with van der Waals surface area (Å²) < 4.78 is 10.2. The molecule has 1 fully saturated rings. The van der Waals surface area contributed by atoms with E-state index >= 15 is 0 Å². The molecule has 1 heterocycles. The summed E-state index contributed by atoms with van der Waals surface area (Å²) in [4.78, 5) is 36.1. The third-order valence-corrected chi connectivity index (χ3v) is 4.48. The number of ether oxygens (including phenoxy) is 2. The Balaban J connectivity index is 2.36. The average molecular weight is 366 g/mol. The topological polar surface area (TPSA) is 119 Å². The summed E-state index contributed by atoms with van der Waals surface area (Å²) in [6, 6.07) is 2.39. The van der Waals surface area contributed by atoms with E-state index < -0.39 is 10.9 Å². The largest absolute Gasteiger partial charge is 0.493 e. The van der Waals surface area contributed by atoms with Gasteiger partial charge in [0.2, 0.25) is 5.75 Å². The summed E-state index contributed by atoms with van der Waals surface area (Å²) in [6.07, 6.45) is 2.77. The molecule has 1 amide bonds. The predicted octanol–water partition coefficient (Wildman–Crippen LogP) is 2.47. The highest BCUT2D eigenvalue weighted by molar-refractivity contribution is 5.96. The van der Waals surface area contributed by atoms with Gasteiger partial charge in [-0.05, 0) is 31.7 Å². The molecule has 0 bridgehead atoms. The zero-order valence-electron chi connectivity index (χ0n) is 14.8. The molecule has 1 aromatic carbocycles. The molecule has 1 unspecified atom stereocenters. The van der Waals surface area contributed by atoms with Crippen molar-refractivity contribution in [3.05, 3.63) is 27.8 Å². The van der Waals surface area contributed by atoms with Gasteiger partial charge in [-0.2, -0.15) is 0 Å². The minimum Gasteiger partial charge on any atom is -0.493 e. The van der Waals surface area contributed by atoms with Crippen molar-refractivity contribution in [2.75, 3.05) is 20.8 Å². The van der Waals surface area contributed by atoms with Gasteiger partial charge in [0.25, 0.3) is 5.91 Å². The number of methoxy groups -OCH3 is 2. The van der Waals surface area contributed by atoms with Crippen LogP contribution in [0.1, 0.15) is 42.5 Å². The fourth-order valence-electron chi connectivity index (χ4n) is 3.23. The second-order valence-electron chi connectivity index (χ2n) is 6.07. The van der Waals surface area contributed by atoms with Crippen LogP contribution in [0.2, 0.25) is 0 Å². The number of piperidine rings is 1. The summed E-state index contributed by atoms with van der Waals surface area (Å²) in [5.41, 5.74) is -0.231. The lowest BCUT2D eigenvalue weighted by Gasteiger charge is -2.35. The number of carbonyl (C=O) groups excluding carboxylic acids is 1. The molecule has 1 N–H and O–H groups in total. The molecule has 0 radical (unpaired) electrons. The molecule has 1 saturated heterocycles. The number of amides is 1. The molecule has 26 heavy (non-hydrogen) atoms. The molecule has 1 aliphatic rings. The van der Waals surface area contributed by atoms with Crippen molar-refractivity contribution in [1.82, 2.24) is 4.90 Å². The molecule has 0 aliphatic carbocycles. The van der Waals surface area contributed by atoms with Gasteiger partial charge in [-0.15, -0.1) is 0 Å². The van der Waals surface area contributed by atoms with Crippen LogP contribution < -0.4 is 9.47 Å². The number of rotatable bonds is 7. The molecule has 0 saturated carbocycles. The van der Waals surface area contributed by atoms with Crippen LogP contribution >= 0.6 is 0 Å². The van der Waals surface area contributed by atoms with E-state index in [2.05, 4.69) is 0 Å². The fraction of sp³-hybridized carbons (Fsp3) is 0.529. The van der Waals surface area contributed by atoms with Gasteiger partial charge in [-0.1, -0.05) is 0 Å². The third kappa shape index (κ3) is 4.22. The summed E-state index contributed by atoms with van der Waals surface area (Å²) in [5.74, 6) is -1.23. The van der Waals surface area contributed by atoms with Crippen LogP contribution in [0.5, 0.6) is 11.5 Å². The molecule has 1 atom stereocenters. The van der Waals surface area contributed by atoms with Gasteiger partial charge in [0, 0.05) is 25.1 Å². The molecule has 0 spiro atoms. The van der Waals surface area contributed by atoms with E-state index in [-0.39, 0.29) is 41.1 Å². The smallest absolute Gasteiger partial charge is 0.315 e. The van der Waals surface area contributed by atoms with E-state index in [0.29, 0.717) is 19.4 Å². The van der Waals surface area contributed by atoms with Crippen molar-refractivity contribution >= 4 is 17.6 Å². The first-order chi connectivity index (χ1) is 12.4. The van der Waals surface area contributed by atoms with Crippen LogP contribution in [0.15, 0.2) is 12.1 Å². The zero-order valence-corrected chi connectivity index (χ0v) is 14.8. The maximum absolute atomic E-state index is 13.0. The van der Waals surface area contributed by atoms with E-state index in [4.69, 9.17) is 14.6 Å². The zero-order chi connectivity index (χ0) is 19.3. The van der Waals surface area contributed by atoms with E-state index in [1.165, 1.54) is 26.4 Å². The Kier molecular flexibility index (Phi) is 6.37. The van der Waals surface area contributed by atoms with Crippen LogP contribution in [0.3, 0.4) is 0 Å². The lowest BCUT2D eigenvalue weighted by atomic mass is 9.96. The molecular weight excluding hydrogens is 344 g/mol. The fourth-order valence-corrected chi connectivity index (χ4v) is 3.23. The van der Waals surface area contributed by atoms with Gasteiger partial charge in [0.05, 0.1) is 24.7 Å². The lowest BCUT2D eigenvalue weighted by molar-refractivity contribution is -0.385. The summed E-state index contributed by atoms with van der Waals surface area (Å²) in [5, 5.41) is 20.2. The summed E-state index contributed by atoms with van der Waals surface area (Å²) in [7, 11) is 2.63. The standard InChI is InChI=1S/C17H22N2O7/c1-25-14-10-11(9-13(19(23)24)16(14)26-2)17(22)18-8-4-3-5-12(18)6-7-15(20)21/h9-10,12H,3-8H2,1-2H3,(H,20,21). The van der Waals surface area contributed by atoms with Crippen LogP contribution in [-0.2, 0) is 4.79 Å². The molecule has 0 aromatic heterocycles. The highest BCUT2D eigenvalue weighted by Crippen LogP contribution is 2.38. The maximum Gasteiger partial charge on any atom is 0.315 e. The Hall–Kier alpha value is -2.84. The van der Waals surface area contributed by atoms with Crippen molar-refractivity contribution in [2.45, 2.75) is 38.1 Å². The quantitative estimate of drug-likeness (QED) is 0.581. The normalized spacial score (nSPS) is 16.8. The third-order valence-electron chi connectivity index (χ3n) is 4.48. The Bertz CT molecular complexity index is 705. The number of nitro benzene ring substituents is 1. The van der Waals surface area contributed by atoms with Gasteiger partial charge >= 0.3 is 11.7 Å². The minimum absolute atomic E-state index is 0.0273. The van der Waals surface area contributed by atoms with E-state index in [9.17, 15) is 19.7 Å². The number of aliphatic carboxylic acids is 1. The number of benzene rings is 1. The number of carboxylic acids is 1. The number of hydrogen-bond acceptors (Lipinski definition) is 6. The first-order valence-corrected chi connectivity index (χ1v) is 8.32. The SMILES string of the molecule is COc1cc(C(=O)N2CCCCC2CCC(=O)O)cc([N+](=O)[O-])c1OC. The van der Waals surface area contributed by atoms with Crippen molar-refractivity contribution in [3.63, 3.8) is 0 Å². The number of hydrogen-bond donors (Lipinski definition) is 1. The second-order valence-corrected chi connectivity index (χ2v) is 6.07. The monoisotopic (exact) mass is 366 g/mol. The highest BCUT2D eigenvalue weighted by Gasteiger charge is 2.31. The van der Waals surface area contributed by atoms with Crippen LogP contribution in [0.25, 0.3) is 0 Å². The van der Waals surface area contributed by atoms with Crippen LogP contribution in [0, 0.1) is 10.1 Å². The summed E-state index contributed by atoms with van der Waals surface area (Å²) >= 11 is 0. The first kappa shape index (κ1) is 19.5. The molecule has 142 valence electrons. The van der Waals surface area contributed by atoms with Gasteiger partial charge in [-0.25, -0.2) is 0 Å². The number of carbonyl (C=O) groups is 2. The Labute approximate surface area is 150 Å². The molecular formula is C17H22N2O7. The van der Waals surface area contributed by atoms with Gasteiger partial charge in [0.1, 0.15) is 0 Å². The van der Waals surface area contributed by atoms with E-state index in [1.807, 2.05) is 0 Å². The van der Waals surface area contributed by atoms with Gasteiger partial charge < -0.3 is 19.5 Å². The van der Waals surface area contributed by atoms with E-state index in [0.717, 1.165) is 12.8 Å². The average Bonchev–Trinajstić information content (AvgIpc) is 2.64.